The Morgan fingerprint density at radius 3 is 2.79 bits per heavy atom. The van der Waals surface area contributed by atoms with Crippen LogP contribution in [-0.4, -0.2) is 29.7 Å². The van der Waals surface area contributed by atoms with Gasteiger partial charge in [-0.25, -0.2) is 0 Å². The quantitative estimate of drug-likeness (QED) is 0.426. The van der Waals surface area contributed by atoms with Gasteiger partial charge in [-0.2, -0.15) is 18.4 Å². The number of nitrogens with one attached hydrogen (secondary N) is 1. The van der Waals surface area contributed by atoms with Crippen molar-refractivity contribution < 1.29 is 22.7 Å². The molecule has 1 N–H and O–H groups in total. The molecule has 170 valence electrons. The molecule has 8 heteroatoms. The van der Waals surface area contributed by atoms with E-state index in [-0.39, 0.29) is 18.2 Å². The fraction of sp³-hybridized carbons (Fsp3) is 0.280. The van der Waals surface area contributed by atoms with E-state index in [1.165, 1.54) is 12.1 Å². The second-order valence-corrected chi connectivity index (χ2v) is 7.94. The number of carbonyl (C=O) groups excluding carboxylic acids is 1. The summed E-state index contributed by atoms with van der Waals surface area (Å²) in [4.78, 5) is 12.5. The number of nitrogens with zero attached hydrogens (tertiary/aromatic N) is 2. The second-order valence-electron chi connectivity index (χ2n) is 7.94. The Bertz CT molecular complexity index is 1230. The summed E-state index contributed by atoms with van der Waals surface area (Å²) < 4.78 is 46.6. The zero-order valence-electron chi connectivity index (χ0n) is 17.7. The van der Waals surface area contributed by atoms with Gasteiger partial charge in [-0.05, 0) is 42.7 Å². The predicted octanol–water partition coefficient (Wildman–Crippen LogP) is 4.91. The van der Waals surface area contributed by atoms with Crippen molar-refractivity contribution in [2.45, 2.75) is 31.7 Å². The summed E-state index contributed by atoms with van der Waals surface area (Å²) in [6.07, 6.45) is 0.623. The van der Waals surface area contributed by atoms with Crippen molar-refractivity contribution >= 4 is 22.9 Å². The Labute approximate surface area is 189 Å². The Hall–Kier alpha value is -3.57. The maximum absolute atomic E-state index is 13.1. The van der Waals surface area contributed by atoms with Crippen LogP contribution in [0, 0.1) is 11.3 Å². The molecule has 1 saturated heterocycles. The minimum absolute atomic E-state index is 0.0386. The average Bonchev–Trinajstić information content (AvgIpc) is 3.44. The molecule has 0 bridgehead atoms. The molecule has 4 rings (SSSR count). The summed E-state index contributed by atoms with van der Waals surface area (Å²) in [5.41, 5.74) is 1.18. The molecule has 3 aromatic rings. The minimum Gasteiger partial charge on any atom is -0.376 e. The minimum atomic E-state index is -4.42. The molecule has 0 spiro atoms. The van der Waals surface area contributed by atoms with Gasteiger partial charge in [-0.15, -0.1) is 0 Å². The molecule has 1 amide bonds. The number of benzene rings is 2. The highest BCUT2D eigenvalue weighted by Crippen LogP contribution is 2.30. The number of para-hydroxylation sites is 1. The van der Waals surface area contributed by atoms with Gasteiger partial charge in [0.1, 0.15) is 11.6 Å². The molecule has 0 saturated carbocycles. The summed E-state index contributed by atoms with van der Waals surface area (Å²) in [5, 5.41) is 13.1. The highest BCUT2D eigenvalue weighted by molar-refractivity contribution is 6.04. The summed E-state index contributed by atoms with van der Waals surface area (Å²) in [6.45, 7) is 1.23. The van der Waals surface area contributed by atoms with Crippen LogP contribution in [0.25, 0.3) is 17.0 Å². The first kappa shape index (κ1) is 22.6. The van der Waals surface area contributed by atoms with E-state index in [2.05, 4.69) is 5.32 Å². The van der Waals surface area contributed by atoms with Gasteiger partial charge in [-0.3, -0.25) is 4.79 Å². The van der Waals surface area contributed by atoms with Crippen molar-refractivity contribution in [2.24, 2.45) is 0 Å². The van der Waals surface area contributed by atoms with Crippen molar-refractivity contribution in [1.82, 2.24) is 9.88 Å². The topological polar surface area (TPSA) is 67.0 Å². The molecule has 5 nitrogen and oxygen atoms in total. The van der Waals surface area contributed by atoms with E-state index in [0.717, 1.165) is 35.9 Å². The molecule has 1 aliphatic heterocycles. The molecular formula is C25H22F3N3O2. The lowest BCUT2D eigenvalue weighted by Crippen LogP contribution is -2.32. The van der Waals surface area contributed by atoms with Crippen LogP contribution >= 0.6 is 0 Å². The summed E-state index contributed by atoms with van der Waals surface area (Å²) >= 11 is 0. The smallest absolute Gasteiger partial charge is 0.376 e. The third-order valence-electron chi connectivity index (χ3n) is 5.61. The first-order valence-electron chi connectivity index (χ1n) is 10.6. The Morgan fingerprint density at radius 2 is 2.06 bits per heavy atom. The molecule has 1 atom stereocenters. The van der Waals surface area contributed by atoms with Crippen LogP contribution in [0.1, 0.15) is 29.5 Å². The number of halogens is 3. The van der Waals surface area contributed by atoms with Crippen molar-refractivity contribution in [2.75, 3.05) is 13.2 Å². The number of aromatic nitrogens is 1. The van der Waals surface area contributed by atoms with Crippen LogP contribution in [0.5, 0.6) is 0 Å². The molecule has 1 unspecified atom stereocenters. The van der Waals surface area contributed by atoms with Gasteiger partial charge in [0, 0.05) is 42.4 Å². The van der Waals surface area contributed by atoms with E-state index in [0.29, 0.717) is 24.3 Å². The molecule has 1 aromatic heterocycles. The molecule has 2 heterocycles. The number of rotatable bonds is 6. The van der Waals surface area contributed by atoms with E-state index >= 15 is 0 Å². The first-order chi connectivity index (χ1) is 15.8. The number of fused-ring (bicyclic) bond motifs is 1. The van der Waals surface area contributed by atoms with Gasteiger partial charge in [-0.1, -0.05) is 30.3 Å². The largest absolute Gasteiger partial charge is 0.416 e. The Balaban J connectivity index is 1.61. The van der Waals surface area contributed by atoms with Crippen LogP contribution in [0.3, 0.4) is 0 Å². The van der Waals surface area contributed by atoms with Crippen molar-refractivity contribution in [3.8, 4) is 6.07 Å². The lowest BCUT2D eigenvalue weighted by molar-refractivity contribution is -0.137. The maximum atomic E-state index is 13.1. The Kier molecular flexibility index (Phi) is 6.52. The van der Waals surface area contributed by atoms with Crippen LogP contribution in [-0.2, 0) is 22.3 Å². The summed E-state index contributed by atoms with van der Waals surface area (Å²) in [7, 11) is 0. The van der Waals surface area contributed by atoms with E-state index in [1.54, 1.807) is 12.3 Å². The summed E-state index contributed by atoms with van der Waals surface area (Å²) in [6, 6.07) is 14.5. The van der Waals surface area contributed by atoms with Crippen LogP contribution in [0.15, 0.2) is 60.3 Å². The van der Waals surface area contributed by atoms with Crippen LogP contribution in [0.4, 0.5) is 13.2 Å². The zero-order chi connectivity index (χ0) is 23.4. The lowest BCUT2D eigenvalue weighted by Gasteiger charge is -2.10. The molecule has 1 aliphatic rings. The molecule has 2 aromatic carbocycles. The van der Waals surface area contributed by atoms with E-state index in [1.807, 2.05) is 34.9 Å². The van der Waals surface area contributed by atoms with E-state index in [9.17, 15) is 23.2 Å². The monoisotopic (exact) mass is 453 g/mol. The number of nitriles is 1. The number of hydrogen-bond donors (Lipinski definition) is 1. The number of ether oxygens (including phenoxy) is 1. The fourth-order valence-corrected chi connectivity index (χ4v) is 3.97. The van der Waals surface area contributed by atoms with Gasteiger partial charge in [0.05, 0.1) is 11.7 Å². The van der Waals surface area contributed by atoms with Crippen molar-refractivity contribution in [1.29, 1.82) is 5.26 Å². The highest BCUT2D eigenvalue weighted by atomic mass is 19.4. The number of amides is 1. The maximum Gasteiger partial charge on any atom is 0.416 e. The molecule has 0 radical (unpaired) electrons. The van der Waals surface area contributed by atoms with Gasteiger partial charge in [0.25, 0.3) is 5.91 Å². The normalized spacial score (nSPS) is 16.7. The number of alkyl halides is 3. The fourth-order valence-electron chi connectivity index (χ4n) is 3.97. The highest BCUT2D eigenvalue weighted by Gasteiger charge is 2.30. The van der Waals surface area contributed by atoms with Gasteiger partial charge in [0.2, 0.25) is 0 Å². The predicted molar refractivity (Wildman–Crippen MR) is 118 cm³/mol. The molecule has 0 aliphatic carbocycles. The van der Waals surface area contributed by atoms with Crippen LogP contribution in [0.2, 0.25) is 0 Å². The number of hydrogen-bond acceptors (Lipinski definition) is 3. The average molecular weight is 453 g/mol. The van der Waals surface area contributed by atoms with Gasteiger partial charge in [0.15, 0.2) is 0 Å². The number of carbonyl (C=O) groups is 1. The molecule has 33 heavy (non-hydrogen) atoms. The van der Waals surface area contributed by atoms with Gasteiger partial charge >= 0.3 is 6.18 Å². The lowest BCUT2D eigenvalue weighted by atomic mass is 10.1. The van der Waals surface area contributed by atoms with Crippen molar-refractivity contribution in [3.63, 3.8) is 0 Å². The van der Waals surface area contributed by atoms with E-state index in [4.69, 9.17) is 4.74 Å². The zero-order valence-corrected chi connectivity index (χ0v) is 17.7. The third-order valence-corrected chi connectivity index (χ3v) is 5.61. The molecule has 1 fully saturated rings. The first-order valence-corrected chi connectivity index (χ1v) is 10.6. The second kappa shape index (κ2) is 9.51. The SMILES string of the molecule is N#C/C(=C/c1cn(Cc2cccc(C(F)(F)F)c2)c2ccccc12)C(=O)NCC1CCCO1. The Morgan fingerprint density at radius 1 is 1.24 bits per heavy atom. The summed E-state index contributed by atoms with van der Waals surface area (Å²) in [5.74, 6) is -0.484. The third kappa shape index (κ3) is 5.26. The molecular weight excluding hydrogens is 431 g/mol. The van der Waals surface area contributed by atoms with Gasteiger partial charge < -0.3 is 14.6 Å². The van der Waals surface area contributed by atoms with E-state index < -0.39 is 17.6 Å². The van der Waals surface area contributed by atoms with Crippen molar-refractivity contribution in [3.05, 3.63) is 77.0 Å². The van der Waals surface area contributed by atoms with Crippen LogP contribution < -0.4 is 5.32 Å². The standard InChI is InChI=1S/C25H22F3N3O2/c26-25(27,28)20-6-3-5-17(11-20)15-31-16-19(22-8-1-2-9-23(22)31)12-18(13-29)24(32)30-14-21-7-4-10-33-21/h1-3,5-6,8-9,11-12,16,21H,4,7,10,14-15H2,(H,30,32)/b18-12-.